The van der Waals surface area contributed by atoms with Crippen molar-refractivity contribution in [2.75, 3.05) is 13.2 Å². The van der Waals surface area contributed by atoms with Gasteiger partial charge in [0.25, 0.3) is 0 Å². The van der Waals surface area contributed by atoms with Crippen LogP contribution in [0, 0.1) is 0 Å². The second-order valence-electron chi connectivity index (χ2n) is 3.30. The van der Waals surface area contributed by atoms with Crippen molar-refractivity contribution < 1.29 is 4.74 Å². The highest BCUT2D eigenvalue weighted by Gasteiger charge is 2.16. The Morgan fingerprint density at radius 1 is 1.55 bits per heavy atom. The fraction of sp³-hybridized carbons (Fsp3) is 1.00. The second kappa shape index (κ2) is 4.73. The molecule has 0 aromatic rings. The van der Waals surface area contributed by atoms with Crippen LogP contribution in [0.15, 0.2) is 0 Å². The Hall–Kier alpha value is -0.0800. The molecule has 0 aromatic heterocycles. The van der Waals surface area contributed by atoms with Crippen molar-refractivity contribution in [3.63, 3.8) is 0 Å². The molecule has 0 aromatic carbocycles. The molecule has 1 aliphatic rings. The Morgan fingerprint density at radius 3 is 2.73 bits per heavy atom. The highest BCUT2D eigenvalue weighted by molar-refractivity contribution is 4.76. The standard InChI is InChI=1S/C9H19NO/c1-3-11-8(2)7-10-9-5-4-6-9/h8-10H,3-7H2,1-2H3. The first-order chi connectivity index (χ1) is 5.33. The molecule has 1 unspecified atom stereocenters. The Morgan fingerprint density at radius 2 is 2.27 bits per heavy atom. The van der Waals surface area contributed by atoms with Crippen molar-refractivity contribution in [2.45, 2.75) is 45.3 Å². The number of nitrogens with one attached hydrogen (secondary N) is 1. The minimum atomic E-state index is 0.376. The van der Waals surface area contributed by atoms with E-state index >= 15 is 0 Å². The fourth-order valence-electron chi connectivity index (χ4n) is 1.29. The Bertz CT molecular complexity index is 102. The van der Waals surface area contributed by atoms with Gasteiger partial charge in [0.05, 0.1) is 6.10 Å². The second-order valence-corrected chi connectivity index (χ2v) is 3.30. The SMILES string of the molecule is CCOC(C)CNC1CCC1. The third-order valence-corrected chi connectivity index (χ3v) is 2.25. The van der Waals surface area contributed by atoms with E-state index in [1.54, 1.807) is 0 Å². The smallest absolute Gasteiger partial charge is 0.0671 e. The molecule has 1 saturated carbocycles. The number of rotatable bonds is 5. The van der Waals surface area contributed by atoms with Gasteiger partial charge in [-0.15, -0.1) is 0 Å². The van der Waals surface area contributed by atoms with Crippen LogP contribution in [0.2, 0.25) is 0 Å². The van der Waals surface area contributed by atoms with Gasteiger partial charge in [-0.2, -0.15) is 0 Å². The Balaban J connectivity index is 1.92. The predicted molar refractivity (Wildman–Crippen MR) is 46.7 cm³/mol. The van der Waals surface area contributed by atoms with Crippen molar-refractivity contribution in [2.24, 2.45) is 0 Å². The highest BCUT2D eigenvalue weighted by Crippen LogP contribution is 2.17. The molecule has 2 nitrogen and oxygen atoms in total. The molecule has 0 heterocycles. The van der Waals surface area contributed by atoms with E-state index < -0.39 is 0 Å². The third kappa shape index (κ3) is 3.21. The van der Waals surface area contributed by atoms with Gasteiger partial charge in [-0.3, -0.25) is 0 Å². The maximum atomic E-state index is 5.40. The molecular formula is C9H19NO. The lowest BCUT2D eigenvalue weighted by molar-refractivity contribution is 0.0713. The zero-order chi connectivity index (χ0) is 8.10. The molecule has 0 spiro atoms. The van der Waals surface area contributed by atoms with Crippen LogP contribution in [0.3, 0.4) is 0 Å². The Labute approximate surface area is 69.3 Å². The van der Waals surface area contributed by atoms with Gasteiger partial charge >= 0.3 is 0 Å². The molecule has 11 heavy (non-hydrogen) atoms. The summed E-state index contributed by atoms with van der Waals surface area (Å²) in [5.74, 6) is 0. The molecule has 0 saturated heterocycles. The van der Waals surface area contributed by atoms with Crippen molar-refractivity contribution in [1.29, 1.82) is 0 Å². The lowest BCUT2D eigenvalue weighted by atomic mass is 9.93. The molecule has 2 heteroatoms. The van der Waals surface area contributed by atoms with Crippen LogP contribution in [0.1, 0.15) is 33.1 Å². The zero-order valence-electron chi connectivity index (χ0n) is 7.60. The minimum absolute atomic E-state index is 0.376. The van der Waals surface area contributed by atoms with Crippen molar-refractivity contribution in [3.05, 3.63) is 0 Å². The first-order valence-electron chi connectivity index (χ1n) is 4.68. The largest absolute Gasteiger partial charge is 0.377 e. The maximum absolute atomic E-state index is 5.40. The summed E-state index contributed by atoms with van der Waals surface area (Å²) in [5, 5.41) is 3.48. The fourth-order valence-corrected chi connectivity index (χ4v) is 1.29. The van der Waals surface area contributed by atoms with Crippen LogP contribution in [0.5, 0.6) is 0 Å². The molecule has 0 radical (unpaired) electrons. The van der Waals surface area contributed by atoms with Gasteiger partial charge in [0.2, 0.25) is 0 Å². The topological polar surface area (TPSA) is 21.3 Å². The number of hydrogen-bond acceptors (Lipinski definition) is 2. The zero-order valence-corrected chi connectivity index (χ0v) is 7.60. The van der Waals surface area contributed by atoms with E-state index in [4.69, 9.17) is 4.74 Å². The summed E-state index contributed by atoms with van der Waals surface area (Å²) in [7, 11) is 0. The van der Waals surface area contributed by atoms with E-state index in [-0.39, 0.29) is 0 Å². The van der Waals surface area contributed by atoms with E-state index in [2.05, 4.69) is 12.2 Å². The summed E-state index contributed by atoms with van der Waals surface area (Å²) in [5.41, 5.74) is 0. The van der Waals surface area contributed by atoms with Gasteiger partial charge in [-0.25, -0.2) is 0 Å². The van der Waals surface area contributed by atoms with E-state index in [0.29, 0.717) is 6.10 Å². The summed E-state index contributed by atoms with van der Waals surface area (Å²) in [4.78, 5) is 0. The summed E-state index contributed by atoms with van der Waals surface area (Å²) in [6, 6.07) is 0.790. The molecule has 1 aliphatic carbocycles. The predicted octanol–water partition coefficient (Wildman–Crippen LogP) is 1.55. The van der Waals surface area contributed by atoms with Crippen LogP contribution in [0.4, 0.5) is 0 Å². The van der Waals surface area contributed by atoms with Crippen molar-refractivity contribution >= 4 is 0 Å². The molecule has 66 valence electrons. The summed E-state index contributed by atoms with van der Waals surface area (Å²) < 4.78 is 5.40. The lowest BCUT2D eigenvalue weighted by Crippen LogP contribution is -2.39. The molecule has 1 rings (SSSR count). The Kier molecular flexibility index (Phi) is 3.87. The van der Waals surface area contributed by atoms with Crippen LogP contribution in [-0.2, 0) is 4.74 Å². The molecule has 1 N–H and O–H groups in total. The first kappa shape index (κ1) is 9.01. The van der Waals surface area contributed by atoms with E-state index in [1.807, 2.05) is 6.92 Å². The van der Waals surface area contributed by atoms with Crippen LogP contribution in [-0.4, -0.2) is 25.3 Å². The molecule has 0 aliphatic heterocycles. The van der Waals surface area contributed by atoms with E-state index in [0.717, 1.165) is 19.2 Å². The van der Waals surface area contributed by atoms with Gasteiger partial charge in [-0.05, 0) is 26.7 Å². The summed E-state index contributed by atoms with van der Waals surface area (Å²) in [6.45, 7) is 6.00. The molecule has 1 atom stereocenters. The third-order valence-electron chi connectivity index (χ3n) is 2.25. The molecule has 0 amide bonds. The summed E-state index contributed by atoms with van der Waals surface area (Å²) in [6.07, 6.45) is 4.50. The quantitative estimate of drug-likeness (QED) is 0.654. The monoisotopic (exact) mass is 157 g/mol. The van der Waals surface area contributed by atoms with Crippen LogP contribution in [0.25, 0.3) is 0 Å². The molecule has 1 fully saturated rings. The van der Waals surface area contributed by atoms with Crippen molar-refractivity contribution in [3.8, 4) is 0 Å². The van der Waals surface area contributed by atoms with Crippen molar-refractivity contribution in [1.82, 2.24) is 5.32 Å². The van der Waals surface area contributed by atoms with Gasteiger partial charge in [0.1, 0.15) is 0 Å². The number of ether oxygens (including phenoxy) is 1. The van der Waals surface area contributed by atoms with Gasteiger partial charge in [0.15, 0.2) is 0 Å². The van der Waals surface area contributed by atoms with Gasteiger partial charge in [-0.1, -0.05) is 6.42 Å². The normalized spacial score (nSPS) is 21.3. The average molecular weight is 157 g/mol. The first-order valence-corrected chi connectivity index (χ1v) is 4.68. The summed E-state index contributed by atoms with van der Waals surface area (Å²) >= 11 is 0. The molecule has 0 bridgehead atoms. The maximum Gasteiger partial charge on any atom is 0.0671 e. The number of hydrogen-bond donors (Lipinski definition) is 1. The van der Waals surface area contributed by atoms with Crippen LogP contribution >= 0.6 is 0 Å². The lowest BCUT2D eigenvalue weighted by Gasteiger charge is -2.27. The van der Waals surface area contributed by atoms with E-state index in [1.165, 1.54) is 19.3 Å². The van der Waals surface area contributed by atoms with Crippen LogP contribution < -0.4 is 5.32 Å². The van der Waals surface area contributed by atoms with Gasteiger partial charge in [0, 0.05) is 19.2 Å². The molecular weight excluding hydrogens is 138 g/mol. The van der Waals surface area contributed by atoms with Gasteiger partial charge < -0.3 is 10.1 Å². The van der Waals surface area contributed by atoms with E-state index in [9.17, 15) is 0 Å². The minimum Gasteiger partial charge on any atom is -0.377 e. The highest BCUT2D eigenvalue weighted by atomic mass is 16.5. The average Bonchev–Trinajstić information content (AvgIpc) is 1.85.